The molecular weight excluding hydrogens is 204 g/mol. The second kappa shape index (κ2) is 3.34. The van der Waals surface area contributed by atoms with Gasteiger partial charge in [-0.15, -0.1) is 0 Å². The van der Waals surface area contributed by atoms with E-state index in [-0.39, 0.29) is 5.56 Å². The topological polar surface area (TPSA) is 58.9 Å². The molecular formula is C12H8N2O2. The molecule has 0 amide bonds. The fourth-order valence-electron chi connectivity index (χ4n) is 1.54. The molecule has 0 bridgehead atoms. The number of pyridine rings is 1. The minimum atomic E-state index is -0.139. The van der Waals surface area contributed by atoms with E-state index in [2.05, 4.69) is 9.97 Å². The van der Waals surface area contributed by atoms with Gasteiger partial charge >= 0.3 is 0 Å². The molecule has 0 saturated heterocycles. The summed E-state index contributed by atoms with van der Waals surface area (Å²) in [5.74, 6) is 0.512. The molecule has 4 heteroatoms. The summed E-state index contributed by atoms with van der Waals surface area (Å²) in [7, 11) is 0. The van der Waals surface area contributed by atoms with Crippen molar-refractivity contribution in [2.24, 2.45) is 0 Å². The number of oxazole rings is 1. The van der Waals surface area contributed by atoms with Gasteiger partial charge in [0, 0.05) is 12.3 Å². The zero-order valence-electron chi connectivity index (χ0n) is 8.31. The van der Waals surface area contributed by atoms with Crippen LogP contribution in [0.3, 0.4) is 0 Å². The lowest BCUT2D eigenvalue weighted by Gasteiger charge is -1.91. The fraction of sp³-hybridized carbons (Fsp3) is 0. The molecule has 0 atom stereocenters. The number of H-pyrrole nitrogens is 1. The summed E-state index contributed by atoms with van der Waals surface area (Å²) in [5, 5.41) is 0. The first-order valence-electron chi connectivity index (χ1n) is 4.87. The Morgan fingerprint density at radius 2 is 2.00 bits per heavy atom. The van der Waals surface area contributed by atoms with Crippen molar-refractivity contribution in [1.82, 2.24) is 9.97 Å². The van der Waals surface area contributed by atoms with Gasteiger partial charge in [0.15, 0.2) is 5.58 Å². The van der Waals surface area contributed by atoms with Crippen molar-refractivity contribution in [1.29, 1.82) is 0 Å². The van der Waals surface area contributed by atoms with Gasteiger partial charge < -0.3 is 9.40 Å². The van der Waals surface area contributed by atoms with Crippen molar-refractivity contribution < 1.29 is 4.42 Å². The molecule has 0 radical (unpaired) electrons. The molecule has 2 aromatic heterocycles. The van der Waals surface area contributed by atoms with Crippen LogP contribution in [0.4, 0.5) is 0 Å². The van der Waals surface area contributed by atoms with Crippen LogP contribution in [0, 0.1) is 0 Å². The molecule has 16 heavy (non-hydrogen) atoms. The maximum atomic E-state index is 10.9. The van der Waals surface area contributed by atoms with Crippen molar-refractivity contribution in [2.45, 2.75) is 0 Å². The van der Waals surface area contributed by atoms with Crippen LogP contribution in [-0.2, 0) is 0 Å². The number of benzene rings is 1. The van der Waals surface area contributed by atoms with Gasteiger partial charge in [-0.1, -0.05) is 12.1 Å². The molecule has 0 aliphatic carbocycles. The minimum absolute atomic E-state index is 0.139. The Labute approximate surface area is 90.6 Å². The summed E-state index contributed by atoms with van der Waals surface area (Å²) in [4.78, 5) is 17.8. The third-order valence-electron chi connectivity index (χ3n) is 2.33. The lowest BCUT2D eigenvalue weighted by atomic mass is 10.3. The van der Waals surface area contributed by atoms with E-state index in [1.54, 1.807) is 12.3 Å². The number of aromatic nitrogens is 2. The Kier molecular flexibility index (Phi) is 1.86. The maximum absolute atomic E-state index is 10.9. The van der Waals surface area contributed by atoms with E-state index >= 15 is 0 Å². The lowest BCUT2D eigenvalue weighted by molar-refractivity contribution is 0.619. The second-order valence-corrected chi connectivity index (χ2v) is 3.43. The van der Waals surface area contributed by atoms with Crippen LogP contribution in [0.15, 0.2) is 51.8 Å². The quantitative estimate of drug-likeness (QED) is 0.672. The molecule has 78 valence electrons. The maximum Gasteiger partial charge on any atom is 0.247 e. The van der Waals surface area contributed by atoms with Crippen molar-refractivity contribution in [3.05, 3.63) is 52.9 Å². The Morgan fingerprint density at radius 1 is 1.12 bits per heavy atom. The highest BCUT2D eigenvalue weighted by atomic mass is 16.3. The molecule has 0 saturated carbocycles. The fourth-order valence-corrected chi connectivity index (χ4v) is 1.54. The number of hydrogen-bond donors (Lipinski definition) is 1. The molecule has 1 N–H and O–H groups in total. The predicted molar refractivity (Wildman–Crippen MR) is 60.1 cm³/mol. The summed E-state index contributed by atoms with van der Waals surface area (Å²) in [6.45, 7) is 0. The average Bonchev–Trinajstić information content (AvgIpc) is 2.73. The molecule has 0 aliphatic rings. The van der Waals surface area contributed by atoms with Gasteiger partial charge in [0.05, 0.1) is 5.56 Å². The highest BCUT2D eigenvalue weighted by Crippen LogP contribution is 2.22. The Balaban J connectivity index is 2.19. The van der Waals surface area contributed by atoms with Gasteiger partial charge in [0.25, 0.3) is 0 Å². The molecule has 0 unspecified atom stereocenters. The van der Waals surface area contributed by atoms with Crippen LogP contribution in [0.2, 0.25) is 0 Å². The number of nitrogens with zero attached hydrogens (tertiary/aromatic N) is 1. The number of fused-ring (bicyclic) bond motifs is 1. The highest BCUT2D eigenvalue weighted by Gasteiger charge is 2.06. The van der Waals surface area contributed by atoms with Crippen LogP contribution < -0.4 is 5.56 Å². The molecule has 0 fully saturated rings. The van der Waals surface area contributed by atoms with E-state index in [0.29, 0.717) is 5.89 Å². The Hall–Kier alpha value is -2.36. The summed E-state index contributed by atoms with van der Waals surface area (Å²) in [6.07, 6.45) is 1.59. The van der Waals surface area contributed by atoms with Crippen LogP contribution >= 0.6 is 0 Å². The van der Waals surface area contributed by atoms with Crippen molar-refractivity contribution in [3.8, 4) is 11.5 Å². The predicted octanol–water partition coefficient (Wildman–Crippen LogP) is 2.18. The van der Waals surface area contributed by atoms with Crippen molar-refractivity contribution in [3.63, 3.8) is 0 Å². The van der Waals surface area contributed by atoms with E-state index in [1.165, 1.54) is 6.07 Å². The van der Waals surface area contributed by atoms with Crippen molar-refractivity contribution in [2.75, 3.05) is 0 Å². The number of aromatic amines is 1. The van der Waals surface area contributed by atoms with E-state index in [0.717, 1.165) is 16.7 Å². The molecule has 4 nitrogen and oxygen atoms in total. The molecule has 1 aromatic carbocycles. The van der Waals surface area contributed by atoms with Gasteiger partial charge in [-0.25, -0.2) is 4.98 Å². The number of hydrogen-bond acceptors (Lipinski definition) is 3. The third kappa shape index (κ3) is 1.40. The normalized spacial score (nSPS) is 10.8. The minimum Gasteiger partial charge on any atom is -0.436 e. The third-order valence-corrected chi connectivity index (χ3v) is 2.33. The first-order chi connectivity index (χ1) is 7.83. The van der Waals surface area contributed by atoms with Gasteiger partial charge in [0.2, 0.25) is 11.4 Å². The van der Waals surface area contributed by atoms with Crippen LogP contribution in [0.25, 0.3) is 22.6 Å². The molecule has 3 aromatic rings. The van der Waals surface area contributed by atoms with Gasteiger partial charge in [-0.3, -0.25) is 4.79 Å². The lowest BCUT2D eigenvalue weighted by Crippen LogP contribution is -2.01. The van der Waals surface area contributed by atoms with Gasteiger partial charge in [-0.2, -0.15) is 0 Å². The standard InChI is InChI=1S/C12H8N2O2/c15-11-6-5-8(7-13-11)12-14-9-3-1-2-4-10(9)16-12/h1-7H,(H,13,15). The van der Waals surface area contributed by atoms with Crippen LogP contribution in [0.1, 0.15) is 0 Å². The van der Waals surface area contributed by atoms with Crippen LogP contribution in [0.5, 0.6) is 0 Å². The van der Waals surface area contributed by atoms with Crippen LogP contribution in [-0.4, -0.2) is 9.97 Å². The summed E-state index contributed by atoms with van der Waals surface area (Å²) in [6, 6.07) is 10.7. The van der Waals surface area contributed by atoms with Crippen molar-refractivity contribution >= 4 is 11.1 Å². The summed E-state index contributed by atoms with van der Waals surface area (Å²) < 4.78 is 5.56. The number of rotatable bonds is 1. The zero-order valence-corrected chi connectivity index (χ0v) is 8.31. The van der Waals surface area contributed by atoms with E-state index in [4.69, 9.17) is 4.42 Å². The molecule has 0 spiro atoms. The van der Waals surface area contributed by atoms with Gasteiger partial charge in [0.1, 0.15) is 5.52 Å². The second-order valence-electron chi connectivity index (χ2n) is 3.43. The van der Waals surface area contributed by atoms with Gasteiger partial charge in [-0.05, 0) is 18.2 Å². The van der Waals surface area contributed by atoms with E-state index < -0.39 is 0 Å². The average molecular weight is 212 g/mol. The first-order valence-corrected chi connectivity index (χ1v) is 4.87. The molecule has 0 aliphatic heterocycles. The largest absolute Gasteiger partial charge is 0.436 e. The molecule has 2 heterocycles. The Morgan fingerprint density at radius 3 is 2.75 bits per heavy atom. The van der Waals surface area contributed by atoms with E-state index in [1.807, 2.05) is 24.3 Å². The highest BCUT2D eigenvalue weighted by molar-refractivity contribution is 5.75. The zero-order chi connectivity index (χ0) is 11.0. The number of para-hydroxylation sites is 2. The molecule has 3 rings (SSSR count). The SMILES string of the molecule is O=c1ccc(-c2nc3ccccc3o2)c[nH]1. The summed E-state index contributed by atoms with van der Waals surface area (Å²) in [5.41, 5.74) is 2.17. The summed E-state index contributed by atoms with van der Waals surface area (Å²) >= 11 is 0. The Bertz CT molecular complexity index is 644. The van der Waals surface area contributed by atoms with E-state index in [9.17, 15) is 4.79 Å². The number of nitrogens with one attached hydrogen (secondary N) is 1. The monoisotopic (exact) mass is 212 g/mol. The first kappa shape index (κ1) is 8.91. The smallest absolute Gasteiger partial charge is 0.247 e.